The molecule has 21 heavy (non-hydrogen) atoms. The predicted molar refractivity (Wildman–Crippen MR) is 79.2 cm³/mol. The van der Waals surface area contributed by atoms with Gasteiger partial charge in [0.05, 0.1) is 0 Å². The van der Waals surface area contributed by atoms with Gasteiger partial charge in [-0.15, -0.1) is 0 Å². The Morgan fingerprint density at radius 2 is 2.29 bits per heavy atom. The fourth-order valence-electron chi connectivity index (χ4n) is 2.02. The number of carbonyl (C=O) groups excluding carboxylic acids is 1. The van der Waals surface area contributed by atoms with E-state index in [0.717, 1.165) is 6.42 Å². The molecular formula is C15H20N4O2. The largest absolute Gasteiger partial charge is 0.396 e. The Bertz CT molecular complexity index is 597. The lowest BCUT2D eigenvalue weighted by Crippen LogP contribution is -2.46. The number of pyridine rings is 1. The van der Waals surface area contributed by atoms with Crippen LogP contribution in [0, 0.1) is 0 Å². The average molecular weight is 288 g/mol. The zero-order chi connectivity index (χ0) is 15.3. The van der Waals surface area contributed by atoms with E-state index in [-0.39, 0.29) is 12.5 Å². The van der Waals surface area contributed by atoms with Crippen LogP contribution in [0.2, 0.25) is 0 Å². The molecule has 0 fully saturated rings. The Kier molecular flexibility index (Phi) is 4.70. The summed E-state index contributed by atoms with van der Waals surface area (Å²) in [6.45, 7) is 3.96. The highest BCUT2D eigenvalue weighted by Gasteiger charge is 2.24. The van der Waals surface area contributed by atoms with Gasteiger partial charge >= 0.3 is 0 Å². The summed E-state index contributed by atoms with van der Waals surface area (Å²) < 4.78 is 1.74. The van der Waals surface area contributed by atoms with Gasteiger partial charge in [-0.25, -0.2) is 9.97 Å². The first-order valence-corrected chi connectivity index (χ1v) is 6.96. The maximum Gasteiger partial charge on any atom is 0.251 e. The van der Waals surface area contributed by atoms with Gasteiger partial charge in [-0.05, 0) is 31.9 Å². The normalized spacial score (nSPS) is 13.7. The smallest absolute Gasteiger partial charge is 0.251 e. The molecule has 0 radical (unpaired) electrons. The first-order chi connectivity index (χ1) is 10.1. The topological polar surface area (TPSA) is 80.0 Å². The van der Waals surface area contributed by atoms with E-state index in [4.69, 9.17) is 5.11 Å². The second-order valence-corrected chi connectivity index (χ2v) is 5.21. The van der Waals surface area contributed by atoms with E-state index in [1.165, 1.54) is 0 Å². The van der Waals surface area contributed by atoms with Crippen molar-refractivity contribution in [3.05, 3.63) is 42.6 Å². The van der Waals surface area contributed by atoms with E-state index < -0.39 is 5.54 Å². The van der Waals surface area contributed by atoms with E-state index in [1.807, 2.05) is 13.8 Å². The molecule has 1 atom stereocenters. The molecule has 0 spiro atoms. The maximum absolute atomic E-state index is 12.4. The van der Waals surface area contributed by atoms with Crippen LogP contribution >= 0.6 is 0 Å². The van der Waals surface area contributed by atoms with Crippen molar-refractivity contribution in [1.82, 2.24) is 19.9 Å². The number of hydrogen-bond acceptors (Lipinski definition) is 4. The minimum Gasteiger partial charge on any atom is -0.396 e. The van der Waals surface area contributed by atoms with E-state index >= 15 is 0 Å². The molecule has 2 N–H and O–H groups in total. The number of imidazole rings is 1. The van der Waals surface area contributed by atoms with Crippen molar-refractivity contribution in [2.45, 2.75) is 32.2 Å². The number of nitrogens with zero attached hydrogens (tertiary/aromatic N) is 3. The minimum absolute atomic E-state index is 0.0429. The Hall–Kier alpha value is -2.21. The number of nitrogens with one attached hydrogen (secondary N) is 1. The Morgan fingerprint density at radius 3 is 2.90 bits per heavy atom. The molecule has 0 saturated heterocycles. The monoisotopic (exact) mass is 288 g/mol. The van der Waals surface area contributed by atoms with Crippen LogP contribution in [0.5, 0.6) is 0 Å². The molecule has 112 valence electrons. The van der Waals surface area contributed by atoms with Crippen molar-refractivity contribution in [2.24, 2.45) is 0 Å². The lowest BCUT2D eigenvalue weighted by atomic mass is 9.94. The van der Waals surface area contributed by atoms with Crippen molar-refractivity contribution in [3.63, 3.8) is 0 Å². The number of amides is 1. The molecule has 1 unspecified atom stereocenters. The van der Waals surface area contributed by atoms with Crippen LogP contribution in [-0.4, -0.2) is 37.7 Å². The van der Waals surface area contributed by atoms with Gasteiger partial charge in [-0.1, -0.05) is 6.92 Å². The molecule has 2 aromatic rings. The third-order valence-corrected chi connectivity index (χ3v) is 3.64. The zero-order valence-electron chi connectivity index (χ0n) is 12.3. The van der Waals surface area contributed by atoms with Crippen molar-refractivity contribution in [3.8, 4) is 5.82 Å². The number of aliphatic hydroxyl groups excluding tert-OH is 1. The van der Waals surface area contributed by atoms with E-state index in [0.29, 0.717) is 17.8 Å². The van der Waals surface area contributed by atoms with Crippen LogP contribution in [0.15, 0.2) is 37.1 Å². The molecule has 0 bridgehead atoms. The molecule has 6 nitrogen and oxygen atoms in total. The highest BCUT2D eigenvalue weighted by Crippen LogP contribution is 2.15. The second kappa shape index (κ2) is 6.49. The standard InChI is InChI=1S/C15H20N4O2/c1-3-15(2,5-9-20)18-14(21)12-4-6-17-13(10-12)19-8-7-16-11-19/h4,6-8,10-11,20H,3,5,9H2,1-2H3,(H,18,21). The van der Waals surface area contributed by atoms with Gasteiger partial charge in [0.25, 0.3) is 5.91 Å². The molecule has 2 rings (SSSR count). The Balaban J connectivity index is 2.18. The first-order valence-electron chi connectivity index (χ1n) is 6.96. The predicted octanol–water partition coefficient (Wildman–Crippen LogP) is 1.55. The molecule has 0 aromatic carbocycles. The van der Waals surface area contributed by atoms with Crippen LogP contribution < -0.4 is 5.32 Å². The Morgan fingerprint density at radius 1 is 1.48 bits per heavy atom. The quantitative estimate of drug-likeness (QED) is 0.845. The lowest BCUT2D eigenvalue weighted by molar-refractivity contribution is 0.0886. The molecule has 0 saturated carbocycles. The third-order valence-electron chi connectivity index (χ3n) is 3.64. The first kappa shape index (κ1) is 15.2. The SMILES string of the molecule is CCC(C)(CCO)NC(=O)c1ccnc(-n2ccnc2)c1. The van der Waals surface area contributed by atoms with E-state index in [2.05, 4.69) is 15.3 Å². The number of rotatable bonds is 6. The highest BCUT2D eigenvalue weighted by molar-refractivity contribution is 5.95. The Labute approximate surface area is 123 Å². The summed E-state index contributed by atoms with van der Waals surface area (Å²) in [5, 5.41) is 12.1. The van der Waals surface area contributed by atoms with Crippen molar-refractivity contribution >= 4 is 5.91 Å². The number of carbonyl (C=O) groups is 1. The van der Waals surface area contributed by atoms with Crippen LogP contribution in [0.4, 0.5) is 0 Å². The van der Waals surface area contributed by atoms with Crippen LogP contribution in [0.3, 0.4) is 0 Å². The number of hydrogen-bond donors (Lipinski definition) is 2. The molecule has 1 amide bonds. The van der Waals surface area contributed by atoms with Gasteiger partial charge < -0.3 is 10.4 Å². The molecule has 0 aliphatic heterocycles. The summed E-state index contributed by atoms with van der Waals surface area (Å²) in [7, 11) is 0. The lowest BCUT2D eigenvalue weighted by Gasteiger charge is -2.29. The average Bonchev–Trinajstić information content (AvgIpc) is 3.02. The fourth-order valence-corrected chi connectivity index (χ4v) is 2.02. The highest BCUT2D eigenvalue weighted by atomic mass is 16.3. The molecule has 2 aromatic heterocycles. The van der Waals surface area contributed by atoms with Crippen LogP contribution in [-0.2, 0) is 0 Å². The van der Waals surface area contributed by atoms with Gasteiger partial charge in [-0.2, -0.15) is 0 Å². The van der Waals surface area contributed by atoms with Gasteiger partial charge in [-0.3, -0.25) is 9.36 Å². The summed E-state index contributed by atoms with van der Waals surface area (Å²) in [4.78, 5) is 20.6. The molecule has 0 aliphatic carbocycles. The summed E-state index contributed by atoms with van der Waals surface area (Å²) in [6, 6.07) is 3.39. The van der Waals surface area contributed by atoms with Crippen molar-refractivity contribution in [2.75, 3.05) is 6.61 Å². The van der Waals surface area contributed by atoms with Gasteiger partial charge in [0, 0.05) is 36.3 Å². The zero-order valence-corrected chi connectivity index (χ0v) is 12.3. The summed E-state index contributed by atoms with van der Waals surface area (Å²) in [5.74, 6) is 0.470. The van der Waals surface area contributed by atoms with Gasteiger partial charge in [0.15, 0.2) is 0 Å². The summed E-state index contributed by atoms with van der Waals surface area (Å²) >= 11 is 0. The number of aromatic nitrogens is 3. The summed E-state index contributed by atoms with van der Waals surface area (Å²) in [6.07, 6.45) is 7.93. The molecule has 0 aliphatic rings. The third kappa shape index (κ3) is 3.66. The number of aliphatic hydroxyl groups is 1. The van der Waals surface area contributed by atoms with Crippen molar-refractivity contribution in [1.29, 1.82) is 0 Å². The molecule has 2 heterocycles. The maximum atomic E-state index is 12.4. The van der Waals surface area contributed by atoms with E-state index in [1.54, 1.807) is 41.6 Å². The fraction of sp³-hybridized carbons (Fsp3) is 0.400. The van der Waals surface area contributed by atoms with Crippen molar-refractivity contribution < 1.29 is 9.90 Å². The van der Waals surface area contributed by atoms with Crippen LogP contribution in [0.25, 0.3) is 5.82 Å². The van der Waals surface area contributed by atoms with E-state index in [9.17, 15) is 4.79 Å². The molecular weight excluding hydrogens is 268 g/mol. The second-order valence-electron chi connectivity index (χ2n) is 5.21. The molecule has 6 heteroatoms. The van der Waals surface area contributed by atoms with Gasteiger partial charge in [0.2, 0.25) is 0 Å². The van der Waals surface area contributed by atoms with Gasteiger partial charge in [0.1, 0.15) is 12.1 Å². The minimum atomic E-state index is -0.412. The van der Waals surface area contributed by atoms with Crippen LogP contribution in [0.1, 0.15) is 37.0 Å². The summed E-state index contributed by atoms with van der Waals surface area (Å²) in [5.41, 5.74) is 0.121.